The molecule has 2 heterocycles. The van der Waals surface area contributed by atoms with Crippen LogP contribution < -0.4 is 0 Å². The van der Waals surface area contributed by atoms with Crippen LogP contribution in [0, 0.1) is 19.8 Å². The van der Waals surface area contributed by atoms with Crippen LogP contribution in [0.3, 0.4) is 0 Å². The van der Waals surface area contributed by atoms with E-state index in [-0.39, 0.29) is 5.91 Å². The van der Waals surface area contributed by atoms with E-state index >= 15 is 0 Å². The summed E-state index contributed by atoms with van der Waals surface area (Å²) in [6.45, 7) is 8.70. The van der Waals surface area contributed by atoms with Crippen LogP contribution in [0.4, 0.5) is 0 Å². The minimum absolute atomic E-state index is 0.0976. The van der Waals surface area contributed by atoms with Gasteiger partial charge in [0.15, 0.2) is 0 Å². The van der Waals surface area contributed by atoms with E-state index in [1.54, 1.807) is 7.11 Å². The Bertz CT molecular complexity index is 505. The van der Waals surface area contributed by atoms with E-state index in [2.05, 4.69) is 9.88 Å². The Hall–Kier alpha value is -1.46. The smallest absolute Gasteiger partial charge is 0.253 e. The molecule has 1 aliphatic heterocycles. The Morgan fingerprint density at radius 2 is 1.91 bits per heavy atom. The van der Waals surface area contributed by atoms with Crippen LogP contribution in [0.5, 0.6) is 0 Å². The number of likely N-dealkylation sites (tertiary alicyclic amines) is 1. The second-order valence-electron chi connectivity index (χ2n) is 6.60. The monoisotopic (exact) mass is 319 g/mol. The van der Waals surface area contributed by atoms with Crippen molar-refractivity contribution in [2.24, 2.45) is 5.92 Å². The largest absolute Gasteiger partial charge is 0.383 e. The number of aromatic nitrogens is 1. The van der Waals surface area contributed by atoms with Crippen LogP contribution in [-0.2, 0) is 4.74 Å². The average molecular weight is 319 g/mol. The number of hydrogen-bond donors (Lipinski definition) is 0. The van der Waals surface area contributed by atoms with Crippen LogP contribution in [0.25, 0.3) is 0 Å². The van der Waals surface area contributed by atoms with Crippen molar-refractivity contribution in [2.75, 3.05) is 46.9 Å². The Kier molecular flexibility index (Phi) is 6.54. The van der Waals surface area contributed by atoms with Crippen molar-refractivity contribution in [1.29, 1.82) is 0 Å². The summed E-state index contributed by atoms with van der Waals surface area (Å²) in [5.41, 5.74) is 2.54. The molecule has 23 heavy (non-hydrogen) atoms. The molecule has 0 unspecified atom stereocenters. The molecule has 0 bridgehead atoms. The maximum atomic E-state index is 12.6. The molecule has 0 N–H and O–H groups in total. The Balaban J connectivity index is 1.85. The quantitative estimate of drug-likeness (QED) is 0.806. The van der Waals surface area contributed by atoms with E-state index in [4.69, 9.17) is 4.74 Å². The summed E-state index contributed by atoms with van der Waals surface area (Å²) < 4.78 is 5.14. The van der Waals surface area contributed by atoms with Gasteiger partial charge in [-0.25, -0.2) is 0 Å². The SMILES string of the molecule is COCCN1CCC(CN(C)C(=O)c2cc(C)nc(C)c2)CC1. The van der Waals surface area contributed by atoms with Gasteiger partial charge in [0.1, 0.15) is 0 Å². The molecule has 1 saturated heterocycles. The molecule has 1 amide bonds. The van der Waals surface area contributed by atoms with Gasteiger partial charge < -0.3 is 14.5 Å². The summed E-state index contributed by atoms with van der Waals surface area (Å²) in [5.74, 6) is 0.687. The highest BCUT2D eigenvalue weighted by Crippen LogP contribution is 2.19. The van der Waals surface area contributed by atoms with Crippen LogP contribution in [0.15, 0.2) is 12.1 Å². The lowest BCUT2D eigenvalue weighted by Gasteiger charge is -2.33. The van der Waals surface area contributed by atoms with E-state index in [9.17, 15) is 4.79 Å². The van der Waals surface area contributed by atoms with Crippen molar-refractivity contribution in [2.45, 2.75) is 26.7 Å². The zero-order valence-electron chi connectivity index (χ0n) is 14.8. The second kappa shape index (κ2) is 8.41. The number of carbonyl (C=O) groups excluding carboxylic acids is 1. The van der Waals surface area contributed by atoms with Crippen LogP contribution in [-0.4, -0.2) is 67.6 Å². The number of pyridine rings is 1. The third kappa shape index (κ3) is 5.29. The first-order valence-electron chi connectivity index (χ1n) is 8.41. The number of nitrogens with zero attached hydrogens (tertiary/aromatic N) is 3. The third-order valence-electron chi connectivity index (χ3n) is 4.53. The minimum Gasteiger partial charge on any atom is -0.383 e. The lowest BCUT2D eigenvalue weighted by molar-refractivity contribution is 0.0723. The molecule has 0 spiro atoms. The summed E-state index contributed by atoms with van der Waals surface area (Å²) >= 11 is 0. The second-order valence-corrected chi connectivity index (χ2v) is 6.60. The van der Waals surface area contributed by atoms with Gasteiger partial charge >= 0.3 is 0 Å². The molecule has 5 nitrogen and oxygen atoms in total. The molecule has 5 heteroatoms. The number of carbonyl (C=O) groups is 1. The van der Waals surface area contributed by atoms with Crippen molar-refractivity contribution < 1.29 is 9.53 Å². The van der Waals surface area contributed by atoms with E-state index in [1.807, 2.05) is 37.9 Å². The van der Waals surface area contributed by atoms with Crippen LogP contribution in [0.2, 0.25) is 0 Å². The van der Waals surface area contributed by atoms with Gasteiger partial charge in [-0.15, -0.1) is 0 Å². The van der Waals surface area contributed by atoms with Crippen LogP contribution in [0.1, 0.15) is 34.6 Å². The van der Waals surface area contributed by atoms with Crippen molar-refractivity contribution in [3.8, 4) is 0 Å². The molecule has 2 rings (SSSR count). The fourth-order valence-corrected chi connectivity index (χ4v) is 3.26. The number of piperidine rings is 1. The molecule has 0 aromatic carbocycles. The summed E-state index contributed by atoms with van der Waals surface area (Å²) in [5, 5.41) is 0. The first kappa shape index (κ1) is 17.9. The van der Waals surface area contributed by atoms with Gasteiger partial charge in [-0.2, -0.15) is 0 Å². The lowest BCUT2D eigenvalue weighted by Crippen LogP contribution is -2.40. The maximum absolute atomic E-state index is 12.6. The first-order valence-corrected chi connectivity index (χ1v) is 8.41. The van der Waals surface area contributed by atoms with Gasteiger partial charge in [0.25, 0.3) is 5.91 Å². The number of rotatable bonds is 6. The Morgan fingerprint density at radius 1 is 1.30 bits per heavy atom. The van der Waals surface area contributed by atoms with Crippen LogP contribution >= 0.6 is 0 Å². The molecule has 0 saturated carbocycles. The van der Waals surface area contributed by atoms with Gasteiger partial charge in [-0.1, -0.05) is 0 Å². The van der Waals surface area contributed by atoms with Crippen molar-refractivity contribution in [3.63, 3.8) is 0 Å². The normalized spacial score (nSPS) is 16.5. The van der Waals surface area contributed by atoms with E-state index in [0.717, 1.165) is 62.6 Å². The Labute approximate surface area is 139 Å². The van der Waals surface area contributed by atoms with Crippen molar-refractivity contribution in [1.82, 2.24) is 14.8 Å². The van der Waals surface area contributed by atoms with Gasteiger partial charge in [0.2, 0.25) is 0 Å². The van der Waals surface area contributed by atoms with Gasteiger partial charge in [-0.3, -0.25) is 9.78 Å². The molecule has 0 radical (unpaired) electrons. The third-order valence-corrected chi connectivity index (χ3v) is 4.53. The summed E-state index contributed by atoms with van der Waals surface area (Å²) in [7, 11) is 3.65. The van der Waals surface area contributed by atoms with Crippen molar-refractivity contribution >= 4 is 5.91 Å². The highest BCUT2D eigenvalue weighted by molar-refractivity contribution is 5.94. The van der Waals surface area contributed by atoms with E-state index in [1.165, 1.54) is 0 Å². The van der Waals surface area contributed by atoms with Crippen molar-refractivity contribution in [3.05, 3.63) is 29.1 Å². The number of methoxy groups -OCH3 is 1. The predicted molar refractivity (Wildman–Crippen MR) is 91.7 cm³/mol. The first-order chi connectivity index (χ1) is 11.0. The fourth-order valence-electron chi connectivity index (χ4n) is 3.26. The van der Waals surface area contributed by atoms with E-state index < -0.39 is 0 Å². The molecule has 128 valence electrons. The highest BCUT2D eigenvalue weighted by atomic mass is 16.5. The van der Waals surface area contributed by atoms with Gasteiger partial charge in [-0.05, 0) is 57.8 Å². The summed E-state index contributed by atoms with van der Waals surface area (Å²) in [6.07, 6.45) is 2.30. The Morgan fingerprint density at radius 3 is 2.48 bits per heavy atom. The molecule has 1 aliphatic rings. The molecule has 0 aliphatic carbocycles. The predicted octanol–water partition coefficient (Wildman–Crippen LogP) is 2.13. The fraction of sp³-hybridized carbons (Fsp3) is 0.667. The topological polar surface area (TPSA) is 45.7 Å². The zero-order valence-corrected chi connectivity index (χ0v) is 14.8. The number of hydrogen-bond acceptors (Lipinski definition) is 4. The molecular weight excluding hydrogens is 290 g/mol. The lowest BCUT2D eigenvalue weighted by atomic mass is 9.96. The van der Waals surface area contributed by atoms with Gasteiger partial charge in [0, 0.05) is 44.2 Å². The average Bonchev–Trinajstić information content (AvgIpc) is 2.52. The number of amides is 1. The molecule has 1 aromatic heterocycles. The molecular formula is C18H29N3O2. The molecule has 1 fully saturated rings. The highest BCUT2D eigenvalue weighted by Gasteiger charge is 2.22. The number of ether oxygens (including phenoxy) is 1. The summed E-state index contributed by atoms with van der Waals surface area (Å²) in [6, 6.07) is 3.75. The summed E-state index contributed by atoms with van der Waals surface area (Å²) in [4.78, 5) is 21.2. The maximum Gasteiger partial charge on any atom is 0.253 e. The molecule has 1 aromatic rings. The number of aryl methyl sites for hydroxylation is 2. The van der Waals surface area contributed by atoms with Gasteiger partial charge in [0.05, 0.1) is 6.61 Å². The zero-order chi connectivity index (χ0) is 16.8. The van der Waals surface area contributed by atoms with E-state index in [0.29, 0.717) is 5.92 Å². The molecule has 0 atom stereocenters. The standard InChI is InChI=1S/C18H29N3O2/c1-14-11-17(12-15(2)19-14)18(22)20(3)13-16-5-7-21(8-6-16)9-10-23-4/h11-12,16H,5-10,13H2,1-4H3. The minimum atomic E-state index is 0.0976.